The fourth-order valence-electron chi connectivity index (χ4n) is 3.06. The molecule has 0 atom stereocenters. The fraction of sp³-hybridized carbons (Fsp3) is 0.333. The monoisotopic (exact) mass is 373 g/mol. The number of carbonyl (C=O) groups excluding carboxylic acids is 2. The summed E-state index contributed by atoms with van der Waals surface area (Å²) in [6, 6.07) is 8.86. The summed E-state index contributed by atoms with van der Waals surface area (Å²) in [5, 5.41) is 4.79. The van der Waals surface area contributed by atoms with Gasteiger partial charge in [-0.2, -0.15) is 0 Å². The number of ether oxygens (including phenoxy) is 2. The van der Waals surface area contributed by atoms with Crippen LogP contribution in [0.1, 0.15) is 16.1 Å². The Morgan fingerprint density at radius 2 is 1.81 bits per heavy atom. The van der Waals surface area contributed by atoms with E-state index in [0.717, 1.165) is 11.3 Å². The van der Waals surface area contributed by atoms with Gasteiger partial charge in [-0.05, 0) is 30.0 Å². The van der Waals surface area contributed by atoms with Crippen molar-refractivity contribution >= 4 is 29.0 Å². The normalized spacial score (nSPS) is 16.3. The number of carbonyl (C=O) groups is 2. The van der Waals surface area contributed by atoms with Crippen molar-refractivity contribution in [1.82, 2.24) is 9.80 Å². The maximum Gasteiger partial charge on any atom is 0.321 e. The summed E-state index contributed by atoms with van der Waals surface area (Å²) in [5.41, 5.74) is 0.662. The molecule has 0 saturated carbocycles. The molecule has 1 fully saturated rings. The number of nitrogens with one attached hydrogen (secondary N) is 1. The number of thiophene rings is 1. The third-order valence-corrected chi connectivity index (χ3v) is 5.28. The van der Waals surface area contributed by atoms with Gasteiger partial charge in [-0.3, -0.25) is 4.79 Å². The molecule has 4 rings (SSSR count). The van der Waals surface area contributed by atoms with Crippen LogP contribution in [0, 0.1) is 0 Å². The van der Waals surface area contributed by atoms with Gasteiger partial charge < -0.3 is 24.6 Å². The van der Waals surface area contributed by atoms with E-state index < -0.39 is 0 Å². The molecule has 1 saturated heterocycles. The molecule has 1 N–H and O–H groups in total. The van der Waals surface area contributed by atoms with E-state index in [9.17, 15) is 9.59 Å². The number of hydrogen-bond donors (Lipinski definition) is 1. The smallest absolute Gasteiger partial charge is 0.321 e. The molecule has 1 aromatic carbocycles. The first-order valence-electron chi connectivity index (χ1n) is 8.49. The van der Waals surface area contributed by atoms with Crippen LogP contribution in [0.25, 0.3) is 0 Å². The first kappa shape index (κ1) is 16.7. The van der Waals surface area contributed by atoms with Crippen LogP contribution in [0.15, 0.2) is 35.7 Å². The van der Waals surface area contributed by atoms with Gasteiger partial charge in [0.1, 0.15) is 0 Å². The van der Waals surface area contributed by atoms with Crippen molar-refractivity contribution in [2.45, 2.75) is 6.42 Å². The Bertz CT molecular complexity index is 809. The van der Waals surface area contributed by atoms with Crippen LogP contribution in [0.2, 0.25) is 0 Å². The summed E-state index contributed by atoms with van der Waals surface area (Å²) < 4.78 is 10.6. The van der Waals surface area contributed by atoms with Gasteiger partial charge in [0.15, 0.2) is 11.5 Å². The fourth-order valence-corrected chi connectivity index (χ4v) is 3.75. The quantitative estimate of drug-likeness (QED) is 0.879. The molecule has 2 aromatic rings. The zero-order valence-corrected chi connectivity index (χ0v) is 15.0. The molecule has 136 valence electrons. The highest BCUT2D eigenvalue weighted by atomic mass is 32.1. The zero-order valence-electron chi connectivity index (χ0n) is 14.1. The molecule has 0 spiro atoms. The van der Waals surface area contributed by atoms with Crippen LogP contribution in [0.3, 0.4) is 0 Å². The van der Waals surface area contributed by atoms with E-state index in [0.29, 0.717) is 43.4 Å². The first-order valence-corrected chi connectivity index (χ1v) is 9.37. The Kier molecular flexibility index (Phi) is 4.66. The predicted octanol–water partition coefficient (Wildman–Crippen LogP) is 2.86. The van der Waals surface area contributed by atoms with Crippen LogP contribution in [-0.2, 0) is 0 Å². The minimum absolute atomic E-state index is 0.0398. The number of hydrogen-bond acceptors (Lipinski definition) is 5. The number of urea groups is 1. The van der Waals surface area contributed by atoms with Gasteiger partial charge >= 0.3 is 6.03 Å². The highest BCUT2D eigenvalue weighted by Crippen LogP contribution is 2.34. The molecule has 2 aliphatic rings. The number of anilines is 1. The second kappa shape index (κ2) is 7.25. The molecule has 8 heteroatoms. The lowest BCUT2D eigenvalue weighted by atomic mass is 10.3. The third kappa shape index (κ3) is 3.45. The zero-order chi connectivity index (χ0) is 17.9. The van der Waals surface area contributed by atoms with Crippen molar-refractivity contribution in [2.24, 2.45) is 0 Å². The lowest BCUT2D eigenvalue weighted by molar-refractivity contribution is 0.0767. The molecule has 0 radical (unpaired) electrons. The lowest BCUT2D eigenvalue weighted by Crippen LogP contribution is -2.39. The van der Waals surface area contributed by atoms with Crippen LogP contribution in [0.5, 0.6) is 11.5 Å². The molecular weight excluding hydrogens is 354 g/mol. The maximum absolute atomic E-state index is 12.6. The summed E-state index contributed by atoms with van der Waals surface area (Å²) >= 11 is 1.44. The summed E-state index contributed by atoms with van der Waals surface area (Å²) in [6.07, 6.45) is 0.756. The number of benzene rings is 1. The largest absolute Gasteiger partial charge is 0.454 e. The summed E-state index contributed by atoms with van der Waals surface area (Å²) in [5.74, 6) is 1.35. The number of amides is 3. The van der Waals surface area contributed by atoms with Gasteiger partial charge in [-0.25, -0.2) is 4.79 Å². The Morgan fingerprint density at radius 3 is 2.65 bits per heavy atom. The van der Waals surface area contributed by atoms with Crippen molar-refractivity contribution < 1.29 is 19.1 Å². The summed E-state index contributed by atoms with van der Waals surface area (Å²) in [7, 11) is 0. The van der Waals surface area contributed by atoms with Crippen molar-refractivity contribution in [1.29, 1.82) is 0 Å². The van der Waals surface area contributed by atoms with Crippen molar-refractivity contribution in [3.8, 4) is 11.5 Å². The van der Waals surface area contributed by atoms with Crippen molar-refractivity contribution in [3.63, 3.8) is 0 Å². The molecule has 3 heterocycles. The Labute approximate surface area is 155 Å². The van der Waals surface area contributed by atoms with E-state index in [1.54, 1.807) is 23.1 Å². The predicted molar refractivity (Wildman–Crippen MR) is 98.0 cm³/mol. The lowest BCUT2D eigenvalue weighted by Gasteiger charge is -2.22. The molecule has 2 aliphatic heterocycles. The molecule has 0 unspecified atom stereocenters. The topological polar surface area (TPSA) is 71.1 Å². The highest BCUT2D eigenvalue weighted by molar-refractivity contribution is 7.12. The number of rotatable bonds is 2. The van der Waals surface area contributed by atoms with E-state index in [1.807, 2.05) is 22.4 Å². The van der Waals surface area contributed by atoms with Crippen LogP contribution >= 0.6 is 11.3 Å². The Hall–Kier alpha value is -2.74. The summed E-state index contributed by atoms with van der Waals surface area (Å²) in [6.45, 7) is 2.51. The van der Waals surface area contributed by atoms with E-state index in [2.05, 4.69) is 5.32 Å². The van der Waals surface area contributed by atoms with E-state index >= 15 is 0 Å². The molecule has 1 aromatic heterocycles. The van der Waals surface area contributed by atoms with Crippen LogP contribution in [0.4, 0.5) is 10.5 Å². The van der Waals surface area contributed by atoms with E-state index in [4.69, 9.17) is 9.47 Å². The van der Waals surface area contributed by atoms with Gasteiger partial charge in [-0.1, -0.05) is 6.07 Å². The maximum atomic E-state index is 12.6. The number of fused-ring (bicyclic) bond motifs is 1. The van der Waals surface area contributed by atoms with E-state index in [-0.39, 0.29) is 18.7 Å². The minimum Gasteiger partial charge on any atom is -0.454 e. The Morgan fingerprint density at radius 1 is 1.00 bits per heavy atom. The number of nitrogens with zero attached hydrogens (tertiary/aromatic N) is 2. The van der Waals surface area contributed by atoms with Gasteiger partial charge in [0, 0.05) is 37.9 Å². The molecule has 0 aliphatic carbocycles. The average Bonchev–Trinajstić information content (AvgIpc) is 3.28. The second-order valence-electron chi connectivity index (χ2n) is 6.11. The molecule has 26 heavy (non-hydrogen) atoms. The SMILES string of the molecule is O=C(Nc1ccc2c(c1)OCO2)N1CCCN(C(=O)c2cccs2)CC1. The molecule has 0 bridgehead atoms. The van der Waals surface area contributed by atoms with Crippen LogP contribution in [-0.4, -0.2) is 54.7 Å². The standard InChI is InChI=1S/C18H19N3O4S/c22-17(16-3-1-10-26-16)20-6-2-7-21(9-8-20)18(23)19-13-4-5-14-15(11-13)25-12-24-14/h1,3-5,10-11H,2,6-9,12H2,(H,19,23). The van der Waals surface area contributed by atoms with Gasteiger partial charge in [0.2, 0.25) is 6.79 Å². The van der Waals surface area contributed by atoms with Gasteiger partial charge in [0.25, 0.3) is 5.91 Å². The second-order valence-corrected chi connectivity index (χ2v) is 7.06. The van der Waals surface area contributed by atoms with Gasteiger partial charge in [0.05, 0.1) is 4.88 Å². The third-order valence-electron chi connectivity index (χ3n) is 4.43. The molecule has 7 nitrogen and oxygen atoms in total. The highest BCUT2D eigenvalue weighted by Gasteiger charge is 2.23. The first-order chi connectivity index (χ1) is 12.7. The minimum atomic E-state index is -0.172. The van der Waals surface area contributed by atoms with Gasteiger partial charge in [-0.15, -0.1) is 11.3 Å². The summed E-state index contributed by atoms with van der Waals surface area (Å²) in [4.78, 5) is 29.3. The van der Waals surface area contributed by atoms with Crippen molar-refractivity contribution in [2.75, 3.05) is 38.3 Å². The van der Waals surface area contributed by atoms with Crippen LogP contribution < -0.4 is 14.8 Å². The Balaban J connectivity index is 1.36. The molecular formula is C18H19N3O4S. The average molecular weight is 373 g/mol. The van der Waals surface area contributed by atoms with Crippen molar-refractivity contribution in [3.05, 3.63) is 40.6 Å². The molecule has 3 amide bonds. The van der Waals surface area contributed by atoms with E-state index in [1.165, 1.54) is 11.3 Å².